The molecule has 2 heterocycles. The number of benzene rings is 1. The molecule has 0 N–H and O–H groups in total. The minimum absolute atomic E-state index is 0.681. The van der Waals surface area contributed by atoms with Crippen LogP contribution in [0, 0.1) is 0 Å². The van der Waals surface area contributed by atoms with E-state index in [1.807, 2.05) is 24.0 Å². The first kappa shape index (κ1) is 23.7. The third-order valence-electron chi connectivity index (χ3n) is 5.74. The number of rotatable bonds is 10. The van der Waals surface area contributed by atoms with Gasteiger partial charge in [-0.2, -0.15) is 5.10 Å². The number of hydrogen-bond acceptors (Lipinski definition) is 5. The molecule has 2 aromatic rings. The highest BCUT2D eigenvalue weighted by molar-refractivity contribution is 8.13. The summed E-state index contributed by atoms with van der Waals surface area (Å²) >= 11 is 1.81. The summed E-state index contributed by atoms with van der Waals surface area (Å²) in [5, 5.41) is 10.0. The van der Waals surface area contributed by atoms with Crippen molar-refractivity contribution >= 4 is 35.3 Å². The monoisotopic (exact) mass is 433 g/mol. The van der Waals surface area contributed by atoms with Gasteiger partial charge in [-0.3, -0.25) is 4.98 Å². The third-order valence-corrected chi connectivity index (χ3v) is 6.73. The van der Waals surface area contributed by atoms with Crippen molar-refractivity contribution in [1.29, 1.82) is 0 Å². The fourth-order valence-electron chi connectivity index (χ4n) is 3.96. The lowest BCUT2D eigenvalue weighted by Crippen LogP contribution is -2.22. The number of thioether (sulfide) groups is 1. The van der Waals surface area contributed by atoms with Crippen LogP contribution in [0.1, 0.15) is 56.6 Å². The molecule has 1 atom stereocenters. The van der Waals surface area contributed by atoms with Crippen LogP contribution >= 0.6 is 11.8 Å². The summed E-state index contributed by atoms with van der Waals surface area (Å²) < 4.78 is 0. The maximum atomic E-state index is 4.53. The Morgan fingerprint density at radius 3 is 2.77 bits per heavy atom. The summed E-state index contributed by atoms with van der Waals surface area (Å²) in [6.07, 6.45) is 8.08. The first-order chi connectivity index (χ1) is 15.2. The average Bonchev–Trinajstić information content (AvgIpc) is 3.29. The van der Waals surface area contributed by atoms with Gasteiger partial charge in [-0.25, -0.2) is 0 Å². The van der Waals surface area contributed by atoms with Crippen LogP contribution in [0.25, 0.3) is 0 Å². The fourth-order valence-corrected chi connectivity index (χ4v) is 4.63. The van der Waals surface area contributed by atoms with Gasteiger partial charge in [-0.15, -0.1) is 16.9 Å². The average molecular weight is 433 g/mol. The second kappa shape index (κ2) is 12.8. The minimum atomic E-state index is 0.681. The van der Waals surface area contributed by atoms with Crippen molar-refractivity contribution in [1.82, 2.24) is 9.88 Å². The number of nitrogens with zero attached hydrogens (tertiary/aromatic N) is 4. The van der Waals surface area contributed by atoms with E-state index >= 15 is 0 Å². The summed E-state index contributed by atoms with van der Waals surface area (Å²) in [6.45, 7) is 9.87. The quantitative estimate of drug-likeness (QED) is 0.174. The van der Waals surface area contributed by atoms with Crippen LogP contribution in [0.2, 0.25) is 6.82 Å². The van der Waals surface area contributed by atoms with Gasteiger partial charge in [-0.05, 0) is 56.8 Å². The highest BCUT2D eigenvalue weighted by Crippen LogP contribution is 2.26. The molecule has 0 amide bonds. The lowest BCUT2D eigenvalue weighted by Gasteiger charge is -2.16. The van der Waals surface area contributed by atoms with Gasteiger partial charge in [0.25, 0.3) is 0 Å². The van der Waals surface area contributed by atoms with Gasteiger partial charge in [0.15, 0.2) is 0 Å². The fraction of sp³-hybridized carbons (Fsp3) is 0.480. The Kier molecular flexibility index (Phi) is 9.82. The molecule has 1 aliphatic heterocycles. The maximum Gasteiger partial charge on any atom is 0.148 e. The Morgan fingerprint density at radius 1 is 1.23 bits per heavy atom. The van der Waals surface area contributed by atoms with Crippen LogP contribution in [-0.2, 0) is 0 Å². The lowest BCUT2D eigenvalue weighted by atomic mass is 9.73. The Hall–Kier alpha value is -1.92. The highest BCUT2D eigenvalue weighted by Gasteiger charge is 2.23. The minimum Gasteiger partial charge on any atom is -0.303 e. The van der Waals surface area contributed by atoms with Crippen molar-refractivity contribution in [2.24, 2.45) is 10.2 Å². The van der Waals surface area contributed by atoms with Gasteiger partial charge in [0.05, 0.1) is 10.8 Å². The van der Waals surface area contributed by atoms with Crippen molar-refractivity contribution in [3.05, 3.63) is 59.9 Å². The molecule has 1 fully saturated rings. The summed E-state index contributed by atoms with van der Waals surface area (Å²) in [5.41, 5.74) is 4.87. The number of aromatic nitrogens is 1. The van der Waals surface area contributed by atoms with E-state index in [9.17, 15) is 0 Å². The van der Waals surface area contributed by atoms with Gasteiger partial charge in [0, 0.05) is 30.3 Å². The Morgan fingerprint density at radius 2 is 2.06 bits per heavy atom. The van der Waals surface area contributed by atoms with Crippen molar-refractivity contribution in [2.75, 3.05) is 25.4 Å². The summed E-state index contributed by atoms with van der Waals surface area (Å²) in [4.78, 5) is 6.81. The predicted octanol–water partition coefficient (Wildman–Crippen LogP) is 4.99. The van der Waals surface area contributed by atoms with E-state index in [4.69, 9.17) is 0 Å². The van der Waals surface area contributed by atoms with Crippen LogP contribution in [0.4, 0.5) is 0 Å². The molecule has 1 aliphatic rings. The third kappa shape index (κ3) is 7.62. The standard InChI is InChI=1S/C25H34BN4S/c1-4-7-25(22-8-5-14-27-18-22)29-28-20(2)31-17-6-15-30-16-13-23(19-30)21-9-11-24(26-3)12-10-21/h5,8-12,14,18,23H,4,6-7,13,15-17,19H2,1-3H3/b28-20+,29-25+. The maximum absolute atomic E-state index is 4.53. The largest absolute Gasteiger partial charge is 0.303 e. The molecule has 1 radical (unpaired) electrons. The van der Waals surface area contributed by atoms with E-state index in [0.29, 0.717) is 5.92 Å². The van der Waals surface area contributed by atoms with E-state index in [0.717, 1.165) is 41.5 Å². The highest BCUT2D eigenvalue weighted by atomic mass is 32.2. The topological polar surface area (TPSA) is 40.9 Å². The summed E-state index contributed by atoms with van der Waals surface area (Å²) in [5.74, 6) is 1.77. The molecule has 6 heteroatoms. The predicted molar refractivity (Wildman–Crippen MR) is 137 cm³/mol. The molecular formula is C25H34BN4S. The van der Waals surface area contributed by atoms with Crippen molar-refractivity contribution in [2.45, 2.75) is 52.3 Å². The lowest BCUT2D eigenvalue weighted by molar-refractivity contribution is 0.336. The molecule has 163 valence electrons. The summed E-state index contributed by atoms with van der Waals surface area (Å²) in [6, 6.07) is 13.1. The normalized spacial score (nSPS) is 17.8. The SMILES string of the molecule is C[B]c1ccc(C2CCN(CCCS/C(C)=N/N=C(\CCC)c3cccnc3)C2)cc1. The molecular weight excluding hydrogens is 399 g/mol. The first-order valence-electron chi connectivity index (χ1n) is 11.5. The van der Waals surface area contributed by atoms with Crippen molar-refractivity contribution in [3.8, 4) is 0 Å². The van der Waals surface area contributed by atoms with E-state index in [2.05, 4.69) is 78.4 Å². The Bertz CT molecular complexity index is 852. The van der Waals surface area contributed by atoms with E-state index in [1.54, 1.807) is 6.20 Å². The smallest absolute Gasteiger partial charge is 0.148 e. The zero-order valence-electron chi connectivity index (χ0n) is 19.1. The van der Waals surface area contributed by atoms with E-state index in [-0.39, 0.29) is 0 Å². The molecule has 0 bridgehead atoms. The molecule has 0 saturated carbocycles. The Labute approximate surface area is 192 Å². The first-order valence-corrected chi connectivity index (χ1v) is 12.4. The molecule has 3 rings (SSSR count). The van der Waals surface area contributed by atoms with Gasteiger partial charge in [-0.1, -0.05) is 56.0 Å². The van der Waals surface area contributed by atoms with Gasteiger partial charge >= 0.3 is 0 Å². The van der Waals surface area contributed by atoms with Crippen LogP contribution in [0.3, 0.4) is 0 Å². The van der Waals surface area contributed by atoms with Gasteiger partial charge < -0.3 is 4.90 Å². The van der Waals surface area contributed by atoms with Gasteiger partial charge in [0.1, 0.15) is 7.28 Å². The molecule has 31 heavy (non-hydrogen) atoms. The van der Waals surface area contributed by atoms with Crippen molar-refractivity contribution < 1.29 is 0 Å². The summed E-state index contributed by atoms with van der Waals surface area (Å²) in [7, 11) is 2.16. The van der Waals surface area contributed by atoms with Crippen molar-refractivity contribution in [3.63, 3.8) is 0 Å². The van der Waals surface area contributed by atoms with Crippen LogP contribution in [0.15, 0.2) is 59.0 Å². The van der Waals surface area contributed by atoms with E-state index in [1.165, 1.54) is 37.0 Å². The molecule has 1 aromatic carbocycles. The van der Waals surface area contributed by atoms with E-state index < -0.39 is 0 Å². The molecule has 0 spiro atoms. The molecule has 1 unspecified atom stereocenters. The second-order valence-electron chi connectivity index (χ2n) is 8.10. The molecule has 1 saturated heterocycles. The molecule has 1 aromatic heterocycles. The van der Waals surface area contributed by atoms with Crippen LogP contribution < -0.4 is 5.46 Å². The zero-order valence-corrected chi connectivity index (χ0v) is 19.9. The number of pyridine rings is 1. The molecule has 4 nitrogen and oxygen atoms in total. The number of hydrogen-bond donors (Lipinski definition) is 0. The Balaban J connectivity index is 1.40. The van der Waals surface area contributed by atoms with Crippen LogP contribution in [-0.4, -0.2) is 53.3 Å². The molecule has 0 aliphatic carbocycles. The number of likely N-dealkylation sites (tertiary alicyclic amines) is 1. The van der Waals surface area contributed by atoms with Crippen LogP contribution in [0.5, 0.6) is 0 Å². The second-order valence-corrected chi connectivity index (χ2v) is 9.39. The zero-order chi connectivity index (χ0) is 21.9. The van der Waals surface area contributed by atoms with Gasteiger partial charge in [0.2, 0.25) is 0 Å².